The summed E-state index contributed by atoms with van der Waals surface area (Å²) in [5.74, 6) is -0.557. The number of aliphatic hydroxyl groups excluding tert-OH is 1. The molecule has 0 aromatic heterocycles. The highest BCUT2D eigenvalue weighted by Crippen LogP contribution is 1.99. The van der Waals surface area contributed by atoms with Gasteiger partial charge in [0.2, 0.25) is 0 Å². The maximum absolute atomic E-state index is 11.1. The van der Waals surface area contributed by atoms with Crippen molar-refractivity contribution in [1.29, 1.82) is 0 Å². The smallest absolute Gasteiger partial charge is 0.308 e. The quantitative estimate of drug-likeness (QED) is 0.374. The largest absolute Gasteiger partial charge is 0.466 e. The molecule has 1 atom stereocenters. The Labute approximate surface area is 95.7 Å². The minimum absolute atomic E-state index is 0.265. The Morgan fingerprint density at radius 1 is 1.44 bits per heavy atom. The zero-order valence-corrected chi connectivity index (χ0v) is 10.3. The van der Waals surface area contributed by atoms with Crippen molar-refractivity contribution in [2.24, 2.45) is 0 Å². The van der Waals surface area contributed by atoms with E-state index in [1.54, 1.807) is 0 Å². The second kappa shape index (κ2) is 7.59. The van der Waals surface area contributed by atoms with Crippen LogP contribution in [0, 0.1) is 0 Å². The minimum atomic E-state index is -3.59. The SMILES string of the molecule is CCCCOC(=O)C[C@H](O)COS(C)(=O)=O. The van der Waals surface area contributed by atoms with Gasteiger partial charge in [0.15, 0.2) is 0 Å². The molecule has 0 heterocycles. The molecule has 0 rings (SSSR count). The molecule has 0 spiro atoms. The van der Waals surface area contributed by atoms with Gasteiger partial charge in [0.1, 0.15) is 0 Å². The monoisotopic (exact) mass is 254 g/mol. The first-order valence-corrected chi connectivity index (χ1v) is 6.85. The number of aliphatic hydroxyl groups is 1. The molecule has 16 heavy (non-hydrogen) atoms. The Morgan fingerprint density at radius 3 is 2.56 bits per heavy atom. The van der Waals surface area contributed by atoms with Crippen molar-refractivity contribution in [3.63, 3.8) is 0 Å². The van der Waals surface area contributed by atoms with Crippen molar-refractivity contribution in [2.45, 2.75) is 32.3 Å². The van der Waals surface area contributed by atoms with Gasteiger partial charge in [-0.25, -0.2) is 0 Å². The summed E-state index contributed by atoms with van der Waals surface area (Å²) < 4.78 is 30.3. The highest BCUT2D eigenvalue weighted by Gasteiger charge is 2.14. The molecule has 6 nitrogen and oxygen atoms in total. The summed E-state index contributed by atoms with van der Waals surface area (Å²) in [6, 6.07) is 0. The molecule has 0 radical (unpaired) electrons. The van der Waals surface area contributed by atoms with Crippen LogP contribution in [0.15, 0.2) is 0 Å². The van der Waals surface area contributed by atoms with E-state index in [4.69, 9.17) is 4.74 Å². The van der Waals surface area contributed by atoms with Crippen molar-refractivity contribution in [2.75, 3.05) is 19.5 Å². The summed E-state index contributed by atoms with van der Waals surface area (Å²) in [7, 11) is -3.59. The first kappa shape index (κ1) is 15.3. The summed E-state index contributed by atoms with van der Waals surface area (Å²) in [5.41, 5.74) is 0. The van der Waals surface area contributed by atoms with Gasteiger partial charge in [0.25, 0.3) is 10.1 Å². The summed E-state index contributed by atoms with van der Waals surface area (Å²) >= 11 is 0. The van der Waals surface area contributed by atoms with Crippen molar-refractivity contribution >= 4 is 16.1 Å². The van der Waals surface area contributed by atoms with Gasteiger partial charge in [-0.05, 0) is 6.42 Å². The van der Waals surface area contributed by atoms with Gasteiger partial charge in [0.05, 0.1) is 32.0 Å². The van der Waals surface area contributed by atoms with Crippen LogP contribution in [0.3, 0.4) is 0 Å². The predicted molar refractivity (Wildman–Crippen MR) is 57.3 cm³/mol. The van der Waals surface area contributed by atoms with Crippen LogP contribution in [0.2, 0.25) is 0 Å². The van der Waals surface area contributed by atoms with Gasteiger partial charge in [-0.15, -0.1) is 0 Å². The topological polar surface area (TPSA) is 89.9 Å². The Hall–Kier alpha value is -0.660. The van der Waals surface area contributed by atoms with Crippen molar-refractivity contribution in [3.05, 3.63) is 0 Å². The molecule has 0 unspecified atom stereocenters. The van der Waals surface area contributed by atoms with Crippen LogP contribution < -0.4 is 0 Å². The summed E-state index contributed by atoms with van der Waals surface area (Å²) in [5, 5.41) is 9.25. The van der Waals surface area contributed by atoms with Crippen LogP contribution >= 0.6 is 0 Å². The van der Waals surface area contributed by atoms with Gasteiger partial charge in [-0.3, -0.25) is 8.98 Å². The zero-order valence-electron chi connectivity index (χ0n) is 9.51. The molecule has 0 saturated carbocycles. The van der Waals surface area contributed by atoms with Gasteiger partial charge < -0.3 is 9.84 Å². The Morgan fingerprint density at radius 2 is 2.06 bits per heavy atom. The summed E-state index contributed by atoms with van der Waals surface area (Å²) in [6.45, 7) is 1.85. The van der Waals surface area contributed by atoms with Crippen LogP contribution in [-0.4, -0.2) is 45.1 Å². The summed E-state index contributed by atoms with van der Waals surface area (Å²) in [4.78, 5) is 11.1. The second-order valence-electron chi connectivity index (χ2n) is 3.42. The van der Waals surface area contributed by atoms with E-state index in [1.165, 1.54) is 0 Å². The van der Waals surface area contributed by atoms with Crippen molar-refractivity contribution < 1.29 is 27.2 Å². The maximum Gasteiger partial charge on any atom is 0.308 e. The molecule has 0 aliphatic carbocycles. The molecule has 0 amide bonds. The van der Waals surface area contributed by atoms with Gasteiger partial charge in [0, 0.05) is 0 Å². The molecule has 0 aliphatic heterocycles. The molecule has 0 aromatic rings. The van der Waals surface area contributed by atoms with Crippen molar-refractivity contribution in [1.82, 2.24) is 0 Å². The lowest BCUT2D eigenvalue weighted by molar-refractivity contribution is -0.146. The fourth-order valence-corrected chi connectivity index (χ4v) is 1.25. The average molecular weight is 254 g/mol. The number of unbranched alkanes of at least 4 members (excludes halogenated alkanes) is 1. The lowest BCUT2D eigenvalue weighted by atomic mass is 10.3. The van der Waals surface area contributed by atoms with Crippen LogP contribution in [-0.2, 0) is 23.8 Å². The third-order valence-electron chi connectivity index (χ3n) is 1.64. The Balaban J connectivity index is 3.70. The normalized spacial score (nSPS) is 13.4. The number of carbonyl (C=O) groups is 1. The van der Waals surface area contributed by atoms with Gasteiger partial charge >= 0.3 is 5.97 Å². The van der Waals surface area contributed by atoms with Crippen LogP contribution in [0.25, 0.3) is 0 Å². The fourth-order valence-electron chi connectivity index (χ4n) is 0.843. The molecule has 0 bridgehead atoms. The molecular weight excluding hydrogens is 236 g/mol. The highest BCUT2D eigenvalue weighted by atomic mass is 32.2. The zero-order chi connectivity index (χ0) is 12.6. The average Bonchev–Trinajstić information content (AvgIpc) is 2.14. The Kier molecular flexibility index (Phi) is 7.27. The van der Waals surface area contributed by atoms with E-state index in [0.29, 0.717) is 6.61 Å². The third-order valence-corrected chi connectivity index (χ3v) is 2.20. The molecular formula is C9H18O6S. The van der Waals surface area contributed by atoms with Crippen LogP contribution in [0.5, 0.6) is 0 Å². The van der Waals surface area contributed by atoms with E-state index >= 15 is 0 Å². The first-order chi connectivity index (χ1) is 7.35. The number of rotatable bonds is 8. The number of carbonyl (C=O) groups excluding carboxylic acids is 1. The van der Waals surface area contributed by atoms with Crippen LogP contribution in [0.4, 0.5) is 0 Å². The van der Waals surface area contributed by atoms with Crippen molar-refractivity contribution in [3.8, 4) is 0 Å². The van der Waals surface area contributed by atoms with E-state index in [2.05, 4.69) is 4.18 Å². The highest BCUT2D eigenvalue weighted by molar-refractivity contribution is 7.85. The van der Waals surface area contributed by atoms with Gasteiger partial charge in [-0.2, -0.15) is 8.42 Å². The van der Waals surface area contributed by atoms with E-state index in [9.17, 15) is 18.3 Å². The van der Waals surface area contributed by atoms with E-state index in [0.717, 1.165) is 19.1 Å². The van der Waals surface area contributed by atoms with E-state index < -0.39 is 28.8 Å². The second-order valence-corrected chi connectivity index (χ2v) is 5.06. The summed E-state index contributed by atoms with van der Waals surface area (Å²) in [6.07, 6.45) is 1.12. The van der Waals surface area contributed by atoms with E-state index in [1.807, 2.05) is 6.92 Å². The molecule has 7 heteroatoms. The minimum Gasteiger partial charge on any atom is -0.466 e. The number of hydrogen-bond donors (Lipinski definition) is 1. The molecule has 96 valence electrons. The lowest BCUT2D eigenvalue weighted by Crippen LogP contribution is -2.22. The fraction of sp³-hybridized carbons (Fsp3) is 0.889. The predicted octanol–water partition coefficient (Wildman–Crippen LogP) is 0.0569. The Bertz CT molecular complexity index is 297. The third kappa shape index (κ3) is 9.88. The standard InChI is InChI=1S/C9H18O6S/c1-3-4-5-14-9(11)6-8(10)7-15-16(2,12)13/h8,10H,3-7H2,1-2H3/t8-/m0/s1. The number of ether oxygens (including phenoxy) is 1. The number of hydrogen-bond acceptors (Lipinski definition) is 6. The molecule has 0 fully saturated rings. The van der Waals surface area contributed by atoms with Crippen LogP contribution in [0.1, 0.15) is 26.2 Å². The molecule has 1 N–H and O–H groups in total. The van der Waals surface area contributed by atoms with E-state index in [-0.39, 0.29) is 6.42 Å². The number of esters is 1. The lowest BCUT2D eigenvalue weighted by Gasteiger charge is -2.09. The van der Waals surface area contributed by atoms with Gasteiger partial charge in [-0.1, -0.05) is 13.3 Å². The molecule has 0 aliphatic rings. The maximum atomic E-state index is 11.1. The molecule has 0 saturated heterocycles. The first-order valence-electron chi connectivity index (χ1n) is 5.03. The molecule has 0 aromatic carbocycles.